The monoisotopic (exact) mass is 1140 g/mol. The van der Waals surface area contributed by atoms with E-state index < -0.39 is 6.10 Å². The van der Waals surface area contributed by atoms with Crippen LogP contribution < -0.4 is 0 Å². The Morgan fingerprint density at radius 1 is 0.256 bits per heavy atom. The van der Waals surface area contributed by atoms with E-state index in [1.54, 1.807) is 0 Å². The van der Waals surface area contributed by atoms with Gasteiger partial charge in [-0.3, -0.25) is 14.4 Å². The third-order valence-corrected chi connectivity index (χ3v) is 15.0. The van der Waals surface area contributed by atoms with Crippen molar-refractivity contribution in [1.82, 2.24) is 0 Å². The number of hydrogen-bond donors (Lipinski definition) is 0. The van der Waals surface area contributed by atoms with Crippen molar-refractivity contribution in [3.63, 3.8) is 0 Å². The van der Waals surface area contributed by atoms with Crippen LogP contribution in [0.5, 0.6) is 0 Å². The lowest BCUT2D eigenvalue weighted by molar-refractivity contribution is -0.167. The molecule has 1 unspecified atom stereocenters. The molecule has 0 N–H and O–H groups in total. The highest BCUT2D eigenvalue weighted by Gasteiger charge is 2.19. The molecular formula is C76H130O6. The summed E-state index contributed by atoms with van der Waals surface area (Å²) in [5.41, 5.74) is 0. The van der Waals surface area contributed by atoms with E-state index in [-0.39, 0.29) is 31.1 Å². The lowest BCUT2D eigenvalue weighted by atomic mass is 10.0. The number of esters is 3. The van der Waals surface area contributed by atoms with Crippen molar-refractivity contribution in [2.75, 3.05) is 13.2 Å². The average Bonchev–Trinajstić information content (AvgIpc) is 3.47. The summed E-state index contributed by atoms with van der Waals surface area (Å²) < 4.78 is 17.0. The summed E-state index contributed by atoms with van der Waals surface area (Å²) >= 11 is 0. The molecule has 0 spiro atoms. The summed E-state index contributed by atoms with van der Waals surface area (Å²) in [5.74, 6) is -0.912. The second-order valence-corrected chi connectivity index (χ2v) is 23.1. The Labute approximate surface area is 508 Å². The summed E-state index contributed by atoms with van der Waals surface area (Å²) in [7, 11) is 0. The minimum atomic E-state index is -0.796. The van der Waals surface area contributed by atoms with Gasteiger partial charge in [0.05, 0.1) is 0 Å². The molecule has 82 heavy (non-hydrogen) atoms. The SMILES string of the molecule is CC/C=C\C/C=C\C/C=C\C/C=C\C/C=C\C/C=C\C/C=C\CCCCCC(=O)OCC(COC(=O)CCCCCCCCCCC/C=C\C/C=C\CCCCC)OC(=O)CCCCCCCCCCCCCCCCCCCCCC. The van der Waals surface area contributed by atoms with Gasteiger partial charge in [0, 0.05) is 19.3 Å². The summed E-state index contributed by atoms with van der Waals surface area (Å²) in [6, 6.07) is 0. The van der Waals surface area contributed by atoms with E-state index in [0.717, 1.165) is 116 Å². The smallest absolute Gasteiger partial charge is 0.306 e. The zero-order valence-corrected chi connectivity index (χ0v) is 54.0. The lowest BCUT2D eigenvalue weighted by Crippen LogP contribution is -2.30. The van der Waals surface area contributed by atoms with E-state index >= 15 is 0 Å². The van der Waals surface area contributed by atoms with Crippen LogP contribution in [0.15, 0.2) is 109 Å². The van der Waals surface area contributed by atoms with Gasteiger partial charge in [-0.25, -0.2) is 0 Å². The highest BCUT2D eigenvalue weighted by molar-refractivity contribution is 5.71. The molecule has 0 aromatic heterocycles. The molecule has 0 aromatic rings. The van der Waals surface area contributed by atoms with E-state index in [2.05, 4.69) is 130 Å². The van der Waals surface area contributed by atoms with Gasteiger partial charge in [0.15, 0.2) is 6.10 Å². The standard InChI is InChI=1S/C76H130O6/c1-4-7-10-13-16-19-22-25-28-31-34-36-37-38-39-40-43-45-48-51-54-57-60-63-66-69-75(78)81-72-73(71-80-74(77)68-65-62-59-56-53-50-47-44-41-33-30-27-24-21-18-15-12-9-6-3)82-76(79)70-67-64-61-58-55-52-49-46-42-35-32-29-26-23-20-17-14-11-8-5-2/h7,10,16,18-19,21,25,27-28,30,34,36,38-39,43,45,51,54,73H,4-6,8-9,11-15,17,20,22-24,26,29,31-33,35,37,40-42,44,46-50,52-53,55-72H2,1-3H3/b10-7-,19-16-,21-18-,28-25-,30-27-,36-34-,39-38-,45-43-,54-51-. The molecule has 0 radical (unpaired) electrons. The number of hydrogen-bond acceptors (Lipinski definition) is 6. The zero-order valence-electron chi connectivity index (χ0n) is 54.0. The molecule has 0 aliphatic carbocycles. The average molecular weight is 1140 g/mol. The maximum absolute atomic E-state index is 13.0. The highest BCUT2D eigenvalue weighted by atomic mass is 16.6. The van der Waals surface area contributed by atoms with Crippen LogP contribution in [0.2, 0.25) is 0 Å². The van der Waals surface area contributed by atoms with Crippen LogP contribution in [0.4, 0.5) is 0 Å². The molecule has 0 saturated carbocycles. The van der Waals surface area contributed by atoms with E-state index in [4.69, 9.17) is 14.2 Å². The number of carbonyl (C=O) groups excluding carboxylic acids is 3. The Bertz CT molecular complexity index is 1640. The molecular weight excluding hydrogens is 1010 g/mol. The molecule has 0 fully saturated rings. The summed E-state index contributed by atoms with van der Waals surface area (Å²) in [5, 5.41) is 0. The topological polar surface area (TPSA) is 78.9 Å². The molecule has 6 heteroatoms. The van der Waals surface area contributed by atoms with Crippen LogP contribution in [0.25, 0.3) is 0 Å². The van der Waals surface area contributed by atoms with E-state index in [1.165, 1.54) is 180 Å². The van der Waals surface area contributed by atoms with Crippen molar-refractivity contribution in [3.05, 3.63) is 109 Å². The van der Waals surface area contributed by atoms with Gasteiger partial charge in [0.2, 0.25) is 0 Å². The first-order valence-corrected chi connectivity index (χ1v) is 34.9. The number of unbranched alkanes of at least 4 members (excludes halogenated alkanes) is 34. The van der Waals surface area contributed by atoms with Gasteiger partial charge in [0.25, 0.3) is 0 Å². The molecule has 0 rings (SSSR count). The number of carbonyl (C=O) groups is 3. The number of allylic oxidation sites excluding steroid dienone is 18. The second kappa shape index (κ2) is 69.6. The molecule has 1 atom stereocenters. The van der Waals surface area contributed by atoms with Gasteiger partial charge >= 0.3 is 17.9 Å². The van der Waals surface area contributed by atoms with Crippen molar-refractivity contribution >= 4 is 17.9 Å². The summed E-state index contributed by atoms with van der Waals surface area (Å²) in [4.78, 5) is 38.5. The molecule has 0 bridgehead atoms. The van der Waals surface area contributed by atoms with Crippen LogP contribution in [-0.4, -0.2) is 37.2 Å². The normalized spacial score (nSPS) is 12.8. The van der Waals surface area contributed by atoms with E-state index in [0.29, 0.717) is 19.3 Å². The van der Waals surface area contributed by atoms with Gasteiger partial charge in [-0.05, 0) is 109 Å². The molecule has 0 aliphatic heterocycles. The van der Waals surface area contributed by atoms with Gasteiger partial charge < -0.3 is 14.2 Å². The van der Waals surface area contributed by atoms with Crippen LogP contribution >= 0.6 is 0 Å². The minimum absolute atomic E-state index is 0.0893. The van der Waals surface area contributed by atoms with Gasteiger partial charge in [-0.15, -0.1) is 0 Å². The zero-order chi connectivity index (χ0) is 59.2. The van der Waals surface area contributed by atoms with Gasteiger partial charge in [-0.1, -0.05) is 316 Å². The third kappa shape index (κ3) is 66.9. The highest BCUT2D eigenvalue weighted by Crippen LogP contribution is 2.17. The molecule has 0 heterocycles. The third-order valence-electron chi connectivity index (χ3n) is 15.0. The minimum Gasteiger partial charge on any atom is -0.462 e. The number of ether oxygens (including phenoxy) is 3. The maximum Gasteiger partial charge on any atom is 0.306 e. The fourth-order valence-electron chi connectivity index (χ4n) is 9.81. The quantitative estimate of drug-likeness (QED) is 0.0261. The summed E-state index contributed by atoms with van der Waals surface area (Å²) in [6.07, 6.45) is 95.3. The Balaban J connectivity index is 4.44. The van der Waals surface area contributed by atoms with E-state index in [9.17, 15) is 14.4 Å². The molecule has 0 aromatic carbocycles. The van der Waals surface area contributed by atoms with Crippen LogP contribution in [-0.2, 0) is 28.6 Å². The first kappa shape index (κ1) is 78.1. The largest absolute Gasteiger partial charge is 0.462 e. The van der Waals surface area contributed by atoms with Crippen molar-refractivity contribution < 1.29 is 28.6 Å². The number of rotatable bonds is 63. The predicted molar refractivity (Wildman–Crippen MR) is 357 cm³/mol. The lowest BCUT2D eigenvalue weighted by Gasteiger charge is -2.18. The fourth-order valence-corrected chi connectivity index (χ4v) is 9.81. The van der Waals surface area contributed by atoms with Crippen LogP contribution in [0.1, 0.15) is 335 Å². The molecule has 470 valence electrons. The predicted octanol–water partition coefficient (Wildman–Crippen LogP) is 24.2. The molecule has 0 aliphatic rings. The Morgan fingerprint density at radius 3 is 0.780 bits per heavy atom. The van der Waals surface area contributed by atoms with E-state index in [1.807, 2.05) is 0 Å². The Morgan fingerprint density at radius 2 is 0.476 bits per heavy atom. The second-order valence-electron chi connectivity index (χ2n) is 23.1. The molecule has 0 amide bonds. The van der Waals surface area contributed by atoms with Crippen molar-refractivity contribution in [3.8, 4) is 0 Å². The molecule has 0 saturated heterocycles. The van der Waals surface area contributed by atoms with Crippen molar-refractivity contribution in [2.45, 2.75) is 341 Å². The van der Waals surface area contributed by atoms with Crippen molar-refractivity contribution in [1.29, 1.82) is 0 Å². The van der Waals surface area contributed by atoms with Crippen molar-refractivity contribution in [2.24, 2.45) is 0 Å². The first-order chi connectivity index (χ1) is 40.5. The van der Waals surface area contributed by atoms with Crippen LogP contribution in [0.3, 0.4) is 0 Å². The van der Waals surface area contributed by atoms with Gasteiger partial charge in [0.1, 0.15) is 13.2 Å². The Hall–Kier alpha value is -3.93. The fraction of sp³-hybridized carbons (Fsp3) is 0.724. The molecule has 6 nitrogen and oxygen atoms in total. The van der Waals surface area contributed by atoms with Gasteiger partial charge in [-0.2, -0.15) is 0 Å². The van der Waals surface area contributed by atoms with Crippen LogP contribution in [0, 0.1) is 0 Å². The first-order valence-electron chi connectivity index (χ1n) is 34.9. The summed E-state index contributed by atoms with van der Waals surface area (Å²) in [6.45, 7) is 6.52. The maximum atomic E-state index is 13.0. The Kier molecular flexibility index (Phi) is 66.2.